The first-order valence-corrected chi connectivity index (χ1v) is 8.33. The summed E-state index contributed by atoms with van der Waals surface area (Å²) in [5.41, 5.74) is 2.06. The molecular formula is C18H20N6. The second-order valence-electron chi connectivity index (χ2n) is 6.18. The lowest BCUT2D eigenvalue weighted by Gasteiger charge is -2.31. The molecule has 24 heavy (non-hydrogen) atoms. The van der Waals surface area contributed by atoms with E-state index in [4.69, 9.17) is 4.98 Å². The van der Waals surface area contributed by atoms with Crippen molar-refractivity contribution in [3.8, 4) is 11.4 Å². The summed E-state index contributed by atoms with van der Waals surface area (Å²) >= 11 is 0. The molecule has 0 aliphatic carbocycles. The number of likely N-dealkylation sites (tertiary alicyclic amines) is 1. The Kier molecular flexibility index (Phi) is 4.29. The Hall–Kier alpha value is -2.60. The zero-order valence-electron chi connectivity index (χ0n) is 13.5. The fourth-order valence-electron chi connectivity index (χ4n) is 3.22. The number of piperidine rings is 1. The van der Waals surface area contributed by atoms with Crippen LogP contribution in [0.4, 0.5) is 0 Å². The van der Waals surface area contributed by atoms with Crippen LogP contribution in [-0.4, -0.2) is 43.1 Å². The van der Waals surface area contributed by atoms with Gasteiger partial charge in [0.1, 0.15) is 5.82 Å². The van der Waals surface area contributed by atoms with Gasteiger partial charge in [0.05, 0.1) is 5.69 Å². The monoisotopic (exact) mass is 320 g/mol. The molecule has 0 radical (unpaired) electrons. The first kappa shape index (κ1) is 15.0. The second kappa shape index (κ2) is 6.88. The summed E-state index contributed by atoms with van der Waals surface area (Å²) in [7, 11) is 0. The minimum Gasteiger partial charge on any atom is -0.297 e. The molecule has 0 aromatic carbocycles. The van der Waals surface area contributed by atoms with Crippen molar-refractivity contribution in [1.82, 2.24) is 30.0 Å². The van der Waals surface area contributed by atoms with Gasteiger partial charge >= 0.3 is 0 Å². The number of nitrogens with zero attached hydrogens (tertiary/aromatic N) is 5. The number of pyridine rings is 2. The largest absolute Gasteiger partial charge is 0.297 e. The summed E-state index contributed by atoms with van der Waals surface area (Å²) in [5.74, 6) is 2.08. The van der Waals surface area contributed by atoms with Gasteiger partial charge in [-0.3, -0.25) is 20.0 Å². The number of nitrogens with one attached hydrogen (secondary N) is 1. The first-order chi connectivity index (χ1) is 11.9. The highest BCUT2D eigenvalue weighted by Crippen LogP contribution is 2.26. The smallest absolute Gasteiger partial charge is 0.182 e. The third-order valence-electron chi connectivity index (χ3n) is 4.43. The van der Waals surface area contributed by atoms with Gasteiger partial charge in [-0.25, -0.2) is 4.98 Å². The molecule has 1 fully saturated rings. The molecule has 3 aromatic rings. The maximum Gasteiger partial charge on any atom is 0.182 e. The van der Waals surface area contributed by atoms with Crippen molar-refractivity contribution in [2.24, 2.45) is 0 Å². The predicted octanol–water partition coefficient (Wildman–Crippen LogP) is 2.64. The van der Waals surface area contributed by atoms with Crippen LogP contribution in [0.1, 0.15) is 30.3 Å². The number of H-pyrrole nitrogens is 1. The van der Waals surface area contributed by atoms with E-state index in [-0.39, 0.29) is 0 Å². The molecule has 122 valence electrons. The normalized spacial score (nSPS) is 18.6. The lowest BCUT2D eigenvalue weighted by atomic mass is 9.97. The highest BCUT2D eigenvalue weighted by Gasteiger charge is 2.24. The van der Waals surface area contributed by atoms with Gasteiger partial charge in [-0.05, 0) is 43.7 Å². The SMILES string of the molecule is c1ccc(CN2CCC[C@@H](c3nc(-c4cccnc4)n[nH]3)C2)nc1. The molecule has 1 aliphatic heterocycles. The molecule has 6 heteroatoms. The number of hydrogen-bond donors (Lipinski definition) is 1. The number of rotatable bonds is 4. The van der Waals surface area contributed by atoms with Crippen molar-refractivity contribution < 1.29 is 0 Å². The molecule has 3 aromatic heterocycles. The van der Waals surface area contributed by atoms with Crippen molar-refractivity contribution in [2.45, 2.75) is 25.3 Å². The molecule has 0 spiro atoms. The van der Waals surface area contributed by atoms with Gasteiger partial charge in [0.15, 0.2) is 5.82 Å². The van der Waals surface area contributed by atoms with Gasteiger partial charge in [0.25, 0.3) is 0 Å². The van der Waals surface area contributed by atoms with E-state index in [1.54, 1.807) is 12.4 Å². The third kappa shape index (κ3) is 3.33. The van der Waals surface area contributed by atoms with Gasteiger partial charge in [0, 0.05) is 43.2 Å². The Balaban J connectivity index is 1.45. The number of aromatic amines is 1. The lowest BCUT2D eigenvalue weighted by Crippen LogP contribution is -2.34. The summed E-state index contributed by atoms with van der Waals surface area (Å²) in [6.45, 7) is 2.98. The van der Waals surface area contributed by atoms with E-state index in [0.717, 1.165) is 49.0 Å². The quantitative estimate of drug-likeness (QED) is 0.800. The van der Waals surface area contributed by atoms with Gasteiger partial charge in [-0.15, -0.1) is 0 Å². The Morgan fingerprint density at radius 3 is 3.00 bits per heavy atom. The van der Waals surface area contributed by atoms with Crippen LogP contribution < -0.4 is 0 Å². The number of aromatic nitrogens is 5. The summed E-state index contributed by atoms with van der Waals surface area (Å²) in [5, 5.41) is 7.49. The van der Waals surface area contributed by atoms with Gasteiger partial charge in [-0.2, -0.15) is 5.10 Å². The van der Waals surface area contributed by atoms with Crippen molar-refractivity contribution in [3.05, 3.63) is 60.4 Å². The van der Waals surface area contributed by atoms with E-state index < -0.39 is 0 Å². The molecule has 0 saturated carbocycles. The van der Waals surface area contributed by atoms with Crippen LogP contribution in [-0.2, 0) is 6.54 Å². The van der Waals surface area contributed by atoms with Gasteiger partial charge in [-0.1, -0.05) is 6.07 Å². The topological polar surface area (TPSA) is 70.6 Å². The van der Waals surface area contributed by atoms with Crippen LogP contribution >= 0.6 is 0 Å². The van der Waals surface area contributed by atoms with Crippen LogP contribution in [0.3, 0.4) is 0 Å². The maximum atomic E-state index is 4.70. The van der Waals surface area contributed by atoms with Crippen molar-refractivity contribution >= 4 is 0 Å². The summed E-state index contributed by atoms with van der Waals surface area (Å²) in [6.07, 6.45) is 7.71. The van der Waals surface area contributed by atoms with Crippen LogP contribution in [0.2, 0.25) is 0 Å². The lowest BCUT2D eigenvalue weighted by molar-refractivity contribution is 0.195. The van der Waals surface area contributed by atoms with Gasteiger partial charge < -0.3 is 0 Å². The minimum absolute atomic E-state index is 0.389. The molecule has 0 bridgehead atoms. The van der Waals surface area contributed by atoms with Crippen LogP contribution in [0.15, 0.2) is 48.9 Å². The van der Waals surface area contributed by atoms with E-state index in [1.165, 1.54) is 6.42 Å². The van der Waals surface area contributed by atoms with Crippen molar-refractivity contribution in [3.63, 3.8) is 0 Å². The Morgan fingerprint density at radius 1 is 1.17 bits per heavy atom. The standard InChI is InChI=1S/C18H20N6/c1-2-9-20-16(7-1)13-24-10-4-6-15(12-24)18-21-17(22-23-18)14-5-3-8-19-11-14/h1-3,5,7-9,11,15H,4,6,10,12-13H2,(H,21,22,23)/t15-/m1/s1. The van der Waals surface area contributed by atoms with E-state index in [2.05, 4.69) is 31.1 Å². The molecular weight excluding hydrogens is 300 g/mol. The minimum atomic E-state index is 0.389. The van der Waals surface area contributed by atoms with Crippen LogP contribution in [0, 0.1) is 0 Å². The molecule has 6 nitrogen and oxygen atoms in total. The predicted molar refractivity (Wildman–Crippen MR) is 91.1 cm³/mol. The first-order valence-electron chi connectivity index (χ1n) is 8.33. The molecule has 1 aliphatic rings. The summed E-state index contributed by atoms with van der Waals surface area (Å²) in [4.78, 5) is 15.7. The van der Waals surface area contributed by atoms with Gasteiger partial charge in [0.2, 0.25) is 0 Å². The van der Waals surface area contributed by atoms with E-state index in [1.807, 2.05) is 30.5 Å². The van der Waals surface area contributed by atoms with Crippen molar-refractivity contribution in [1.29, 1.82) is 0 Å². The number of hydrogen-bond acceptors (Lipinski definition) is 5. The van der Waals surface area contributed by atoms with Crippen LogP contribution in [0.5, 0.6) is 0 Å². The molecule has 0 amide bonds. The molecule has 4 rings (SSSR count). The average molecular weight is 320 g/mol. The molecule has 1 atom stereocenters. The van der Waals surface area contributed by atoms with E-state index >= 15 is 0 Å². The molecule has 4 heterocycles. The highest BCUT2D eigenvalue weighted by atomic mass is 15.2. The van der Waals surface area contributed by atoms with E-state index in [0.29, 0.717) is 5.92 Å². The maximum absolute atomic E-state index is 4.70. The van der Waals surface area contributed by atoms with Crippen LogP contribution in [0.25, 0.3) is 11.4 Å². The molecule has 0 unspecified atom stereocenters. The van der Waals surface area contributed by atoms with Crippen molar-refractivity contribution in [2.75, 3.05) is 13.1 Å². The summed E-state index contributed by atoms with van der Waals surface area (Å²) in [6, 6.07) is 9.96. The molecule has 1 saturated heterocycles. The Labute approximate surface area is 141 Å². The zero-order chi connectivity index (χ0) is 16.2. The third-order valence-corrected chi connectivity index (χ3v) is 4.43. The van der Waals surface area contributed by atoms with E-state index in [9.17, 15) is 0 Å². The fourth-order valence-corrected chi connectivity index (χ4v) is 3.22. The average Bonchev–Trinajstić information content (AvgIpc) is 3.14. The molecule has 1 N–H and O–H groups in total. The summed E-state index contributed by atoms with van der Waals surface area (Å²) < 4.78 is 0. The fraction of sp³-hybridized carbons (Fsp3) is 0.333. The Morgan fingerprint density at radius 2 is 2.17 bits per heavy atom. The second-order valence-corrected chi connectivity index (χ2v) is 6.18. The zero-order valence-corrected chi connectivity index (χ0v) is 13.5. The Bertz CT molecular complexity index is 770. The highest BCUT2D eigenvalue weighted by molar-refractivity contribution is 5.52.